The maximum Gasteiger partial charge on any atom is 0.0692 e. The molecule has 1 aliphatic rings. The molecular formula is C17H18Br2O. The van der Waals surface area contributed by atoms with Gasteiger partial charge in [-0.15, -0.1) is 0 Å². The van der Waals surface area contributed by atoms with Crippen molar-refractivity contribution in [1.82, 2.24) is 0 Å². The fourth-order valence-corrected chi connectivity index (χ4v) is 4.53. The highest BCUT2D eigenvalue weighted by molar-refractivity contribution is 9.10. The molecule has 106 valence electrons. The zero-order valence-corrected chi connectivity index (χ0v) is 14.7. The van der Waals surface area contributed by atoms with Crippen LogP contribution in [0, 0.1) is 0 Å². The predicted octanol–water partition coefficient (Wildman–Crippen LogP) is 6.00. The van der Waals surface area contributed by atoms with Crippen molar-refractivity contribution in [2.24, 2.45) is 0 Å². The van der Waals surface area contributed by atoms with Crippen LogP contribution in [-0.2, 0) is 4.74 Å². The summed E-state index contributed by atoms with van der Waals surface area (Å²) in [5.41, 5.74) is 1.44. The fourth-order valence-electron chi connectivity index (χ4n) is 3.06. The van der Waals surface area contributed by atoms with Crippen LogP contribution in [0.15, 0.2) is 40.9 Å². The second kappa shape index (κ2) is 5.78. The van der Waals surface area contributed by atoms with Gasteiger partial charge in [0.2, 0.25) is 0 Å². The summed E-state index contributed by atoms with van der Waals surface area (Å²) in [6.07, 6.45) is 4.68. The second-order valence-electron chi connectivity index (χ2n) is 5.59. The van der Waals surface area contributed by atoms with E-state index in [1.165, 1.54) is 35.6 Å². The molecule has 2 aromatic carbocycles. The zero-order valence-electron chi connectivity index (χ0n) is 11.5. The van der Waals surface area contributed by atoms with Gasteiger partial charge in [0.15, 0.2) is 0 Å². The molecule has 3 heteroatoms. The molecule has 0 aromatic heterocycles. The Morgan fingerprint density at radius 3 is 2.45 bits per heavy atom. The first-order chi connectivity index (χ1) is 9.65. The van der Waals surface area contributed by atoms with Crippen molar-refractivity contribution in [2.45, 2.75) is 36.1 Å². The van der Waals surface area contributed by atoms with Crippen LogP contribution < -0.4 is 0 Å². The standard InChI is InChI=1S/C17H18Br2O/c1-20-17(9-4-10-17)11-16(19)14-7-8-15(18)13-6-3-2-5-12(13)14/h2-3,5-8,16H,4,9-11H2,1H3. The first-order valence-electron chi connectivity index (χ1n) is 7.02. The minimum absolute atomic E-state index is 0.0857. The number of rotatable bonds is 4. The first-order valence-corrected chi connectivity index (χ1v) is 8.72. The van der Waals surface area contributed by atoms with Gasteiger partial charge in [-0.25, -0.2) is 0 Å². The summed E-state index contributed by atoms with van der Waals surface area (Å²) in [6.45, 7) is 0. The van der Waals surface area contributed by atoms with Crippen molar-refractivity contribution < 1.29 is 4.74 Å². The molecule has 0 N–H and O–H groups in total. The van der Waals surface area contributed by atoms with Gasteiger partial charge in [0.05, 0.1) is 5.60 Å². The summed E-state index contributed by atoms with van der Waals surface area (Å²) in [5.74, 6) is 0. The van der Waals surface area contributed by atoms with E-state index >= 15 is 0 Å². The molecule has 0 bridgehead atoms. The molecule has 2 aromatic rings. The van der Waals surface area contributed by atoms with Crippen LogP contribution in [0.5, 0.6) is 0 Å². The largest absolute Gasteiger partial charge is 0.378 e. The molecule has 20 heavy (non-hydrogen) atoms. The zero-order chi connectivity index (χ0) is 14.2. The summed E-state index contributed by atoms with van der Waals surface area (Å²) >= 11 is 7.53. The van der Waals surface area contributed by atoms with Gasteiger partial charge in [-0.05, 0) is 48.1 Å². The van der Waals surface area contributed by atoms with Gasteiger partial charge >= 0.3 is 0 Å². The van der Waals surface area contributed by atoms with Gasteiger partial charge in [-0.1, -0.05) is 62.2 Å². The van der Waals surface area contributed by atoms with Crippen molar-refractivity contribution in [3.8, 4) is 0 Å². The summed E-state index contributed by atoms with van der Waals surface area (Å²) in [5, 5.41) is 2.59. The van der Waals surface area contributed by atoms with Crippen molar-refractivity contribution in [2.75, 3.05) is 7.11 Å². The van der Waals surface area contributed by atoms with Gasteiger partial charge in [0, 0.05) is 16.4 Å². The molecule has 0 radical (unpaired) electrons. The van der Waals surface area contributed by atoms with E-state index in [-0.39, 0.29) is 5.60 Å². The van der Waals surface area contributed by atoms with E-state index in [0.29, 0.717) is 4.83 Å². The summed E-state index contributed by atoms with van der Waals surface area (Å²) in [7, 11) is 1.85. The molecule has 1 nitrogen and oxygen atoms in total. The molecule has 3 rings (SSSR count). The lowest BCUT2D eigenvalue weighted by molar-refractivity contribution is -0.0772. The van der Waals surface area contributed by atoms with Crippen molar-refractivity contribution >= 4 is 42.6 Å². The fraction of sp³-hybridized carbons (Fsp3) is 0.412. The van der Waals surface area contributed by atoms with Crippen LogP contribution in [0.3, 0.4) is 0 Å². The van der Waals surface area contributed by atoms with Gasteiger partial charge in [0.1, 0.15) is 0 Å². The number of halogens is 2. The average Bonchev–Trinajstić information content (AvgIpc) is 2.43. The highest BCUT2D eigenvalue weighted by Gasteiger charge is 2.39. The Morgan fingerprint density at radius 1 is 1.15 bits per heavy atom. The summed E-state index contributed by atoms with van der Waals surface area (Å²) in [4.78, 5) is 0.334. The van der Waals surface area contributed by atoms with E-state index in [0.717, 1.165) is 10.9 Å². The first kappa shape index (κ1) is 14.6. The number of ether oxygens (including phenoxy) is 1. The minimum Gasteiger partial charge on any atom is -0.378 e. The smallest absolute Gasteiger partial charge is 0.0692 e. The quantitative estimate of drug-likeness (QED) is 0.575. The van der Waals surface area contributed by atoms with Gasteiger partial charge in [-0.2, -0.15) is 0 Å². The molecule has 0 amide bonds. The van der Waals surface area contributed by atoms with E-state index < -0.39 is 0 Å². The van der Waals surface area contributed by atoms with E-state index in [4.69, 9.17) is 4.74 Å². The van der Waals surface area contributed by atoms with Crippen molar-refractivity contribution in [3.05, 3.63) is 46.4 Å². The van der Waals surface area contributed by atoms with Crippen LogP contribution in [0.2, 0.25) is 0 Å². The number of methoxy groups -OCH3 is 1. The average molecular weight is 398 g/mol. The third-order valence-electron chi connectivity index (χ3n) is 4.49. The van der Waals surface area contributed by atoms with Crippen LogP contribution in [0.1, 0.15) is 36.1 Å². The lowest BCUT2D eigenvalue weighted by Gasteiger charge is -2.42. The van der Waals surface area contributed by atoms with Crippen molar-refractivity contribution in [1.29, 1.82) is 0 Å². The Balaban J connectivity index is 1.95. The molecule has 1 atom stereocenters. The Labute approximate surface area is 137 Å². The second-order valence-corrected chi connectivity index (χ2v) is 7.55. The molecule has 0 spiro atoms. The normalized spacial score (nSPS) is 18.8. The van der Waals surface area contributed by atoms with Crippen molar-refractivity contribution in [3.63, 3.8) is 0 Å². The number of fused-ring (bicyclic) bond motifs is 1. The maximum atomic E-state index is 5.76. The Kier molecular flexibility index (Phi) is 4.21. The SMILES string of the molecule is COC1(CC(Br)c2ccc(Br)c3ccccc23)CCC1. The predicted molar refractivity (Wildman–Crippen MR) is 91.5 cm³/mol. The third-order valence-corrected chi connectivity index (χ3v) is 6.00. The molecular weight excluding hydrogens is 380 g/mol. The molecule has 1 fully saturated rings. The Bertz CT molecular complexity index is 614. The number of alkyl halides is 1. The van der Waals surface area contributed by atoms with Crippen LogP contribution >= 0.6 is 31.9 Å². The van der Waals surface area contributed by atoms with E-state index in [1.54, 1.807) is 0 Å². The third kappa shape index (κ3) is 2.56. The molecule has 1 aliphatic carbocycles. The topological polar surface area (TPSA) is 9.23 Å². The Morgan fingerprint density at radius 2 is 1.85 bits per heavy atom. The molecule has 1 saturated carbocycles. The van der Waals surface area contributed by atoms with Gasteiger partial charge < -0.3 is 4.74 Å². The van der Waals surface area contributed by atoms with Gasteiger partial charge in [0.25, 0.3) is 0 Å². The summed E-state index contributed by atoms with van der Waals surface area (Å²) < 4.78 is 6.92. The number of hydrogen-bond acceptors (Lipinski definition) is 1. The van der Waals surface area contributed by atoms with Crippen LogP contribution in [0.4, 0.5) is 0 Å². The molecule has 0 saturated heterocycles. The Hall–Kier alpha value is -0.380. The van der Waals surface area contributed by atoms with Gasteiger partial charge in [-0.3, -0.25) is 0 Å². The monoisotopic (exact) mass is 396 g/mol. The number of hydrogen-bond donors (Lipinski definition) is 0. The highest BCUT2D eigenvalue weighted by atomic mass is 79.9. The number of benzene rings is 2. The van der Waals surface area contributed by atoms with E-state index in [1.807, 2.05) is 7.11 Å². The maximum absolute atomic E-state index is 5.76. The lowest BCUT2D eigenvalue weighted by atomic mass is 9.76. The highest BCUT2D eigenvalue weighted by Crippen LogP contribution is 2.46. The molecule has 1 unspecified atom stereocenters. The van der Waals surface area contributed by atoms with Crippen LogP contribution in [0.25, 0.3) is 10.8 Å². The van der Waals surface area contributed by atoms with E-state index in [9.17, 15) is 0 Å². The summed E-state index contributed by atoms with van der Waals surface area (Å²) in [6, 6.07) is 12.9. The van der Waals surface area contributed by atoms with Crippen LogP contribution in [-0.4, -0.2) is 12.7 Å². The molecule has 0 aliphatic heterocycles. The minimum atomic E-state index is 0.0857. The molecule has 0 heterocycles. The van der Waals surface area contributed by atoms with E-state index in [2.05, 4.69) is 68.3 Å². The lowest BCUT2D eigenvalue weighted by Crippen LogP contribution is -2.39.